The van der Waals surface area contributed by atoms with Crippen molar-refractivity contribution in [2.24, 2.45) is 23.2 Å². The molecule has 118 valence electrons. The first-order chi connectivity index (χ1) is 9.14. The minimum atomic E-state index is -0.764. The minimum absolute atomic E-state index is 0.142. The van der Waals surface area contributed by atoms with Crippen LogP contribution in [0.1, 0.15) is 67.2 Å². The van der Waals surface area contributed by atoms with Crippen molar-refractivity contribution in [3.05, 3.63) is 0 Å². The number of carbonyl (C=O) groups is 1. The molecule has 0 saturated heterocycles. The Kier molecular flexibility index (Phi) is 6.06. The molecule has 4 atom stereocenters. The summed E-state index contributed by atoms with van der Waals surface area (Å²) in [5, 5.41) is 9.23. The van der Waals surface area contributed by atoms with Crippen LogP contribution in [-0.4, -0.2) is 23.3 Å². The molecule has 1 aliphatic carbocycles. The second-order valence-corrected chi connectivity index (χ2v) is 7.70. The maximum absolute atomic E-state index is 11.2. The summed E-state index contributed by atoms with van der Waals surface area (Å²) in [5.41, 5.74) is 0.395. The van der Waals surface area contributed by atoms with Gasteiger partial charge in [-0.3, -0.25) is 4.79 Å². The Bertz CT molecular complexity index is 322. The summed E-state index contributed by atoms with van der Waals surface area (Å²) >= 11 is 0. The quantitative estimate of drug-likeness (QED) is 0.788. The van der Waals surface area contributed by atoms with Crippen molar-refractivity contribution in [1.82, 2.24) is 0 Å². The molecule has 0 aliphatic heterocycles. The highest BCUT2D eigenvalue weighted by Crippen LogP contribution is 2.41. The van der Waals surface area contributed by atoms with E-state index in [-0.39, 0.29) is 18.1 Å². The highest BCUT2D eigenvalue weighted by molar-refractivity contribution is 5.70. The zero-order valence-electron chi connectivity index (χ0n) is 14.0. The molecule has 1 saturated carbocycles. The monoisotopic (exact) mass is 284 g/mol. The van der Waals surface area contributed by atoms with Gasteiger partial charge in [-0.05, 0) is 50.4 Å². The zero-order chi connectivity index (χ0) is 15.5. The predicted octanol–water partition coefficient (Wildman–Crippen LogP) is 4.35. The van der Waals surface area contributed by atoms with Crippen LogP contribution in [0, 0.1) is 23.2 Å². The Morgan fingerprint density at radius 2 is 1.85 bits per heavy atom. The van der Waals surface area contributed by atoms with Gasteiger partial charge >= 0.3 is 5.97 Å². The summed E-state index contributed by atoms with van der Waals surface area (Å²) in [7, 11) is 0. The summed E-state index contributed by atoms with van der Waals surface area (Å²) in [6.07, 6.45) is 4.87. The van der Waals surface area contributed by atoms with Crippen LogP contribution in [0.2, 0.25) is 0 Å². The van der Waals surface area contributed by atoms with E-state index >= 15 is 0 Å². The molecular formula is C17H32O3. The van der Waals surface area contributed by atoms with Gasteiger partial charge in [-0.1, -0.05) is 34.1 Å². The molecule has 1 aliphatic rings. The van der Waals surface area contributed by atoms with E-state index in [1.54, 1.807) is 6.92 Å². The van der Waals surface area contributed by atoms with Crippen molar-refractivity contribution < 1.29 is 14.6 Å². The van der Waals surface area contributed by atoms with Crippen LogP contribution in [0.4, 0.5) is 0 Å². The minimum Gasteiger partial charge on any atom is -0.481 e. The molecule has 2 unspecified atom stereocenters. The summed E-state index contributed by atoms with van der Waals surface area (Å²) < 4.78 is 6.19. The second-order valence-electron chi connectivity index (χ2n) is 7.70. The number of carboxylic acids is 1. The van der Waals surface area contributed by atoms with E-state index in [0.29, 0.717) is 11.3 Å². The first kappa shape index (κ1) is 17.5. The Hall–Kier alpha value is -0.570. The number of aliphatic carboxylic acids is 1. The molecule has 3 heteroatoms. The molecule has 0 spiro atoms. The van der Waals surface area contributed by atoms with E-state index in [9.17, 15) is 9.90 Å². The lowest BCUT2D eigenvalue weighted by Gasteiger charge is -2.40. The van der Waals surface area contributed by atoms with Gasteiger partial charge in [-0.15, -0.1) is 0 Å². The molecule has 0 aromatic rings. The number of hydrogen-bond donors (Lipinski definition) is 1. The van der Waals surface area contributed by atoms with Gasteiger partial charge in [-0.25, -0.2) is 0 Å². The number of carboxylic acid groups (broad SMARTS) is 1. The molecule has 3 nitrogen and oxygen atoms in total. The third-order valence-electron chi connectivity index (χ3n) is 4.82. The molecule has 20 heavy (non-hydrogen) atoms. The summed E-state index contributed by atoms with van der Waals surface area (Å²) in [6.45, 7) is 12.6. The molecule has 0 aromatic carbocycles. The summed E-state index contributed by atoms with van der Waals surface area (Å²) in [6, 6.07) is 0. The van der Waals surface area contributed by atoms with Crippen molar-refractivity contribution in [1.29, 1.82) is 0 Å². The van der Waals surface area contributed by atoms with E-state index in [0.717, 1.165) is 0 Å². The molecule has 1 N–H and O–H groups in total. The molecule has 0 amide bonds. The van der Waals surface area contributed by atoms with Gasteiger partial charge in [0.1, 0.15) is 0 Å². The Labute approximate surface area is 124 Å². The molecular weight excluding hydrogens is 252 g/mol. The molecule has 1 fully saturated rings. The standard InChI is InChI=1S/C17H32O3/c1-11(2)15(12(3)16(18)19)20-13(4)14-8-7-9-17(5,6)10-14/h11-15H,7-10H2,1-6H3,(H,18,19)/t12?,13-,14?,15+/m1/s1. The van der Waals surface area contributed by atoms with E-state index in [1.807, 2.05) is 13.8 Å². The predicted molar refractivity (Wildman–Crippen MR) is 81.7 cm³/mol. The maximum Gasteiger partial charge on any atom is 0.308 e. The van der Waals surface area contributed by atoms with Crippen LogP contribution in [0.3, 0.4) is 0 Å². The highest BCUT2D eigenvalue weighted by Gasteiger charge is 2.35. The molecule has 0 radical (unpaired) electrons. The summed E-state index contributed by atoms with van der Waals surface area (Å²) in [5.74, 6) is -0.435. The zero-order valence-corrected chi connectivity index (χ0v) is 14.0. The van der Waals surface area contributed by atoms with Gasteiger partial charge in [0.25, 0.3) is 0 Å². The Morgan fingerprint density at radius 1 is 1.25 bits per heavy atom. The van der Waals surface area contributed by atoms with Gasteiger partial charge in [-0.2, -0.15) is 0 Å². The third kappa shape index (κ3) is 4.76. The van der Waals surface area contributed by atoms with E-state index < -0.39 is 11.9 Å². The molecule has 0 aromatic heterocycles. The second kappa shape index (κ2) is 6.93. The van der Waals surface area contributed by atoms with E-state index in [1.165, 1.54) is 25.7 Å². The molecule has 0 heterocycles. The lowest BCUT2D eigenvalue weighted by atomic mass is 9.70. The van der Waals surface area contributed by atoms with Crippen molar-refractivity contribution in [3.63, 3.8) is 0 Å². The lowest BCUT2D eigenvalue weighted by molar-refractivity contribution is -0.153. The van der Waals surface area contributed by atoms with Crippen LogP contribution in [-0.2, 0) is 9.53 Å². The van der Waals surface area contributed by atoms with Crippen LogP contribution in [0.25, 0.3) is 0 Å². The first-order valence-corrected chi connectivity index (χ1v) is 8.02. The van der Waals surface area contributed by atoms with Crippen LogP contribution in [0.15, 0.2) is 0 Å². The average molecular weight is 284 g/mol. The van der Waals surface area contributed by atoms with Gasteiger partial charge in [0, 0.05) is 0 Å². The number of ether oxygens (including phenoxy) is 1. The first-order valence-electron chi connectivity index (χ1n) is 8.02. The Morgan fingerprint density at radius 3 is 2.30 bits per heavy atom. The van der Waals surface area contributed by atoms with Gasteiger partial charge < -0.3 is 9.84 Å². The van der Waals surface area contributed by atoms with E-state index in [4.69, 9.17) is 4.74 Å². The van der Waals surface area contributed by atoms with Crippen molar-refractivity contribution >= 4 is 5.97 Å². The summed E-state index contributed by atoms with van der Waals surface area (Å²) in [4.78, 5) is 11.2. The number of rotatable bonds is 6. The highest BCUT2D eigenvalue weighted by atomic mass is 16.5. The van der Waals surface area contributed by atoms with Gasteiger partial charge in [0.2, 0.25) is 0 Å². The van der Waals surface area contributed by atoms with Crippen LogP contribution < -0.4 is 0 Å². The van der Waals surface area contributed by atoms with Crippen molar-refractivity contribution in [2.45, 2.75) is 79.4 Å². The Balaban J connectivity index is 2.66. The van der Waals surface area contributed by atoms with Gasteiger partial charge in [0.15, 0.2) is 0 Å². The smallest absolute Gasteiger partial charge is 0.308 e. The third-order valence-corrected chi connectivity index (χ3v) is 4.82. The van der Waals surface area contributed by atoms with Crippen LogP contribution >= 0.6 is 0 Å². The number of hydrogen-bond acceptors (Lipinski definition) is 2. The lowest BCUT2D eigenvalue weighted by Crippen LogP contribution is -2.39. The topological polar surface area (TPSA) is 46.5 Å². The SMILES string of the molecule is CC(C)[C@H](O[C@H](C)C1CCCC(C)(C)C1)C(C)C(=O)O. The van der Waals surface area contributed by atoms with Gasteiger partial charge in [0.05, 0.1) is 18.1 Å². The fraction of sp³-hybridized carbons (Fsp3) is 0.941. The normalized spacial score (nSPS) is 27.1. The largest absolute Gasteiger partial charge is 0.481 e. The van der Waals surface area contributed by atoms with Crippen LogP contribution in [0.5, 0.6) is 0 Å². The molecule has 1 rings (SSSR count). The van der Waals surface area contributed by atoms with Crippen molar-refractivity contribution in [2.75, 3.05) is 0 Å². The molecule has 0 bridgehead atoms. The fourth-order valence-corrected chi connectivity index (χ4v) is 3.51. The maximum atomic E-state index is 11.2. The average Bonchev–Trinajstić information content (AvgIpc) is 2.33. The fourth-order valence-electron chi connectivity index (χ4n) is 3.51. The van der Waals surface area contributed by atoms with E-state index in [2.05, 4.69) is 20.8 Å². The van der Waals surface area contributed by atoms with Crippen molar-refractivity contribution in [3.8, 4) is 0 Å².